The van der Waals surface area contributed by atoms with Gasteiger partial charge in [0.1, 0.15) is 24.7 Å². The lowest BCUT2D eigenvalue weighted by Gasteiger charge is -2.34. The normalized spacial score (nSPS) is 18.9. The molecule has 1 heterocycles. The number of nitrogens with zero attached hydrogens (tertiary/aromatic N) is 1. The molecule has 152 valence electrons. The van der Waals surface area contributed by atoms with Crippen LogP contribution in [0.15, 0.2) is 54.6 Å². The number of β-amino-alcohol motifs (C(OH)–C–C–N with tert-alkyl or cyclic N) is 1. The monoisotopic (exact) mass is 397 g/mol. The maximum atomic E-state index is 10.6. The van der Waals surface area contributed by atoms with Gasteiger partial charge in [-0.05, 0) is 36.2 Å². The van der Waals surface area contributed by atoms with E-state index < -0.39 is 12.3 Å². The van der Waals surface area contributed by atoms with Gasteiger partial charge in [0.05, 0.1) is 12.6 Å². The molecule has 2 N–H and O–H groups in total. The molecule has 0 aliphatic carbocycles. The van der Waals surface area contributed by atoms with Crippen LogP contribution in [-0.4, -0.2) is 53.8 Å². The molecule has 0 aromatic heterocycles. The Morgan fingerprint density at radius 1 is 1.00 bits per heavy atom. The summed E-state index contributed by atoms with van der Waals surface area (Å²) in [4.78, 5) is 15.2. The zero-order valence-corrected chi connectivity index (χ0v) is 15.9. The molecule has 0 bridgehead atoms. The van der Waals surface area contributed by atoms with Crippen LogP contribution in [-0.2, 0) is 4.84 Å². The highest BCUT2D eigenvalue weighted by atomic mass is 16.8. The summed E-state index contributed by atoms with van der Waals surface area (Å²) in [6.45, 7) is 1.14. The van der Waals surface area contributed by atoms with Crippen molar-refractivity contribution in [3.8, 4) is 23.3 Å². The van der Waals surface area contributed by atoms with Crippen molar-refractivity contribution in [2.45, 2.75) is 18.4 Å². The highest BCUT2D eigenvalue weighted by molar-refractivity contribution is 5.56. The Kier molecular flexibility index (Phi) is 7.34. The van der Waals surface area contributed by atoms with Crippen LogP contribution in [0.5, 0.6) is 11.5 Å². The smallest absolute Gasteiger partial charge is 0.481 e. The molecule has 1 fully saturated rings. The van der Waals surface area contributed by atoms with Gasteiger partial charge in [0, 0.05) is 12.5 Å². The van der Waals surface area contributed by atoms with Crippen LogP contribution in [0.2, 0.25) is 0 Å². The standard InChI is InChI=1S/C22H23NO6/c24-21-16-23(29-22(25)26)13-12-20(21)17-8-10-19(11-9-17)28-15-5-4-14-27-18-6-2-1-3-7-18/h1-3,6-11,20-21,24H,12-16H2,(H,25,26). The Morgan fingerprint density at radius 3 is 2.21 bits per heavy atom. The van der Waals surface area contributed by atoms with E-state index in [9.17, 15) is 9.90 Å². The first-order valence-corrected chi connectivity index (χ1v) is 9.32. The second kappa shape index (κ2) is 10.4. The second-order valence-electron chi connectivity index (χ2n) is 6.52. The van der Waals surface area contributed by atoms with Gasteiger partial charge in [-0.1, -0.05) is 42.2 Å². The van der Waals surface area contributed by atoms with Gasteiger partial charge in [-0.25, -0.2) is 4.79 Å². The molecule has 2 unspecified atom stereocenters. The molecular weight excluding hydrogens is 374 g/mol. The van der Waals surface area contributed by atoms with E-state index in [1.807, 2.05) is 54.6 Å². The lowest BCUT2D eigenvalue weighted by atomic mass is 9.88. The van der Waals surface area contributed by atoms with Crippen LogP contribution in [0.3, 0.4) is 0 Å². The number of aliphatic hydroxyl groups is 1. The molecule has 2 atom stereocenters. The molecule has 0 spiro atoms. The first kappa shape index (κ1) is 20.5. The number of carbonyl (C=O) groups is 1. The van der Waals surface area contributed by atoms with Crippen LogP contribution < -0.4 is 9.47 Å². The number of piperidine rings is 1. The van der Waals surface area contributed by atoms with Gasteiger partial charge in [0.15, 0.2) is 0 Å². The molecule has 7 heteroatoms. The van der Waals surface area contributed by atoms with Crippen molar-refractivity contribution in [3.63, 3.8) is 0 Å². The van der Waals surface area contributed by atoms with E-state index in [4.69, 9.17) is 14.6 Å². The highest BCUT2D eigenvalue weighted by Crippen LogP contribution is 2.29. The maximum Gasteiger partial charge on any atom is 0.525 e. The SMILES string of the molecule is O=C(O)ON1CCC(c2ccc(OCC#CCOc3ccccc3)cc2)C(O)C1. The zero-order chi connectivity index (χ0) is 20.5. The summed E-state index contributed by atoms with van der Waals surface area (Å²) in [7, 11) is 0. The minimum atomic E-state index is -1.37. The van der Waals surface area contributed by atoms with E-state index in [0.717, 1.165) is 11.3 Å². The summed E-state index contributed by atoms with van der Waals surface area (Å²) in [5.74, 6) is 7.20. The largest absolute Gasteiger partial charge is 0.525 e. The summed E-state index contributed by atoms with van der Waals surface area (Å²) in [5.41, 5.74) is 0.974. The molecule has 2 aromatic rings. The minimum Gasteiger partial charge on any atom is -0.481 e. The molecule has 0 saturated carbocycles. The first-order valence-electron chi connectivity index (χ1n) is 9.32. The van der Waals surface area contributed by atoms with Gasteiger partial charge >= 0.3 is 6.16 Å². The molecule has 7 nitrogen and oxygen atoms in total. The third kappa shape index (κ3) is 6.42. The number of ether oxygens (including phenoxy) is 2. The summed E-state index contributed by atoms with van der Waals surface area (Å²) in [5, 5.41) is 20.2. The topological polar surface area (TPSA) is 88.5 Å². The summed E-state index contributed by atoms with van der Waals surface area (Å²) in [6, 6.07) is 17.0. The number of hydroxylamine groups is 2. The lowest BCUT2D eigenvalue weighted by molar-refractivity contribution is -0.154. The van der Waals surface area contributed by atoms with Crippen molar-refractivity contribution in [2.75, 3.05) is 26.3 Å². The number of hydrogen-bond acceptors (Lipinski definition) is 6. The molecule has 1 aliphatic heterocycles. The van der Waals surface area contributed by atoms with Crippen LogP contribution in [0, 0.1) is 11.8 Å². The zero-order valence-electron chi connectivity index (χ0n) is 15.9. The number of aliphatic hydroxyl groups excluding tert-OH is 1. The van der Waals surface area contributed by atoms with Gasteiger partial charge < -0.3 is 24.5 Å². The average molecular weight is 397 g/mol. The van der Waals surface area contributed by atoms with E-state index >= 15 is 0 Å². The predicted molar refractivity (Wildman–Crippen MR) is 106 cm³/mol. The van der Waals surface area contributed by atoms with Crippen molar-refractivity contribution in [2.24, 2.45) is 0 Å². The molecule has 29 heavy (non-hydrogen) atoms. The number of rotatable bonds is 6. The van der Waals surface area contributed by atoms with Gasteiger partial charge in [0.2, 0.25) is 0 Å². The van der Waals surface area contributed by atoms with Crippen LogP contribution in [0.25, 0.3) is 0 Å². The van der Waals surface area contributed by atoms with Gasteiger partial charge in [-0.2, -0.15) is 0 Å². The third-order valence-corrected chi connectivity index (χ3v) is 4.55. The van der Waals surface area contributed by atoms with Crippen molar-refractivity contribution >= 4 is 6.16 Å². The molecule has 1 saturated heterocycles. The number of para-hydroxylation sites is 1. The Morgan fingerprint density at radius 2 is 1.62 bits per heavy atom. The van der Waals surface area contributed by atoms with Gasteiger partial charge in [0.25, 0.3) is 0 Å². The number of carboxylic acid groups (broad SMARTS) is 1. The van der Waals surface area contributed by atoms with Crippen molar-refractivity contribution < 1.29 is 29.3 Å². The maximum absolute atomic E-state index is 10.6. The van der Waals surface area contributed by atoms with E-state index in [1.54, 1.807) is 0 Å². The fraction of sp³-hybridized carbons (Fsp3) is 0.318. The molecule has 1 aliphatic rings. The van der Waals surface area contributed by atoms with E-state index in [-0.39, 0.29) is 19.1 Å². The minimum absolute atomic E-state index is 0.0763. The van der Waals surface area contributed by atoms with Crippen molar-refractivity contribution in [1.82, 2.24) is 5.06 Å². The molecule has 0 radical (unpaired) electrons. The Balaban J connectivity index is 1.42. The van der Waals surface area contributed by atoms with Crippen LogP contribution in [0.1, 0.15) is 17.9 Å². The number of benzene rings is 2. The fourth-order valence-electron chi connectivity index (χ4n) is 3.15. The van der Waals surface area contributed by atoms with Crippen LogP contribution in [0.4, 0.5) is 4.79 Å². The summed E-state index contributed by atoms with van der Waals surface area (Å²) in [6.07, 6.45) is -1.47. The molecular formula is C22H23NO6. The van der Waals surface area contributed by atoms with E-state index in [2.05, 4.69) is 16.7 Å². The quantitative estimate of drug-likeness (QED) is 0.725. The number of hydrogen-bond donors (Lipinski definition) is 2. The predicted octanol–water partition coefficient (Wildman–Crippen LogP) is 2.91. The van der Waals surface area contributed by atoms with Crippen LogP contribution >= 0.6 is 0 Å². The summed E-state index contributed by atoms with van der Waals surface area (Å²) < 4.78 is 11.1. The van der Waals surface area contributed by atoms with Crippen molar-refractivity contribution in [1.29, 1.82) is 0 Å². The van der Waals surface area contributed by atoms with E-state index in [1.165, 1.54) is 5.06 Å². The second-order valence-corrected chi connectivity index (χ2v) is 6.52. The Labute approximate surface area is 169 Å². The summed E-state index contributed by atoms with van der Waals surface area (Å²) >= 11 is 0. The average Bonchev–Trinajstić information content (AvgIpc) is 2.72. The lowest BCUT2D eigenvalue weighted by Crippen LogP contribution is -2.43. The third-order valence-electron chi connectivity index (χ3n) is 4.55. The Hall–Kier alpha value is -3.21. The first-order chi connectivity index (χ1) is 14.1. The molecule has 3 rings (SSSR count). The Bertz CT molecular complexity index is 843. The highest BCUT2D eigenvalue weighted by Gasteiger charge is 2.30. The molecule has 0 amide bonds. The van der Waals surface area contributed by atoms with E-state index in [0.29, 0.717) is 25.3 Å². The molecule has 2 aromatic carbocycles. The van der Waals surface area contributed by atoms with Gasteiger partial charge in [-0.3, -0.25) is 0 Å². The van der Waals surface area contributed by atoms with Gasteiger partial charge in [-0.15, -0.1) is 5.06 Å². The fourth-order valence-corrected chi connectivity index (χ4v) is 3.15. The van der Waals surface area contributed by atoms with Crippen molar-refractivity contribution in [3.05, 3.63) is 60.2 Å².